The Bertz CT molecular complexity index is 1510. The van der Waals surface area contributed by atoms with Crippen LogP contribution < -0.4 is 10.6 Å². The van der Waals surface area contributed by atoms with E-state index in [0.717, 1.165) is 10.5 Å². The van der Waals surface area contributed by atoms with Gasteiger partial charge in [-0.15, -0.1) is 0 Å². The fourth-order valence-corrected chi connectivity index (χ4v) is 4.87. The van der Waals surface area contributed by atoms with Crippen molar-refractivity contribution >= 4 is 35.5 Å². The van der Waals surface area contributed by atoms with Gasteiger partial charge in [-0.25, -0.2) is 14.4 Å². The van der Waals surface area contributed by atoms with Crippen LogP contribution >= 0.6 is 0 Å². The van der Waals surface area contributed by atoms with E-state index in [1.807, 2.05) is 30.3 Å². The lowest BCUT2D eigenvalue weighted by atomic mass is 10.0. The predicted octanol–water partition coefficient (Wildman–Crippen LogP) is 3.74. The standard InChI is InChI=1S/C32H33N3O8/c1-41-30(38)25-11-6-10-23(19-25)28(36)35(27(12-7-16-33)31(39)42-2)29(37)24-13-14-26-22(18-24)15-17-34(26)32(40)43-20-21-8-4-3-5-9-21/h3-6,8-11,13-14,18-19,27H,7,12,15-17,20,33H2,1-2H3/t27-/m0/s1. The zero-order chi connectivity index (χ0) is 30.9. The molecule has 0 unspecified atom stereocenters. The summed E-state index contributed by atoms with van der Waals surface area (Å²) in [4.78, 5) is 68.0. The molecular weight excluding hydrogens is 554 g/mol. The lowest BCUT2D eigenvalue weighted by Crippen LogP contribution is -2.49. The molecular formula is C32H33N3O8. The van der Waals surface area contributed by atoms with Gasteiger partial charge in [0.25, 0.3) is 11.8 Å². The highest BCUT2D eigenvalue weighted by Gasteiger charge is 2.37. The molecule has 3 aromatic carbocycles. The largest absolute Gasteiger partial charge is 0.467 e. The second kappa shape index (κ2) is 14.2. The highest BCUT2D eigenvalue weighted by molar-refractivity contribution is 6.13. The molecule has 1 aliphatic heterocycles. The lowest BCUT2D eigenvalue weighted by Gasteiger charge is -2.29. The quantitative estimate of drug-likeness (QED) is 0.213. The van der Waals surface area contributed by atoms with Crippen molar-refractivity contribution in [3.63, 3.8) is 0 Å². The van der Waals surface area contributed by atoms with Crippen molar-refractivity contribution in [3.8, 4) is 0 Å². The maximum Gasteiger partial charge on any atom is 0.414 e. The Hall–Kier alpha value is -5.03. The van der Waals surface area contributed by atoms with Gasteiger partial charge in [-0.2, -0.15) is 0 Å². The van der Waals surface area contributed by atoms with Crippen LogP contribution in [-0.4, -0.2) is 68.1 Å². The number of nitrogens with two attached hydrogens (primary N) is 1. The number of fused-ring (bicyclic) bond motifs is 1. The first-order valence-electron chi connectivity index (χ1n) is 13.7. The van der Waals surface area contributed by atoms with Crippen LogP contribution in [0.15, 0.2) is 72.8 Å². The van der Waals surface area contributed by atoms with Crippen LogP contribution in [0.4, 0.5) is 10.5 Å². The summed E-state index contributed by atoms with van der Waals surface area (Å²) in [6.07, 6.45) is 0.350. The Kier molecular flexibility index (Phi) is 10.2. The summed E-state index contributed by atoms with van der Waals surface area (Å²) in [5.41, 5.74) is 8.08. The summed E-state index contributed by atoms with van der Waals surface area (Å²) < 4.78 is 15.2. The van der Waals surface area contributed by atoms with E-state index in [-0.39, 0.29) is 36.3 Å². The first-order chi connectivity index (χ1) is 20.8. The molecule has 4 rings (SSSR count). The molecule has 43 heavy (non-hydrogen) atoms. The van der Waals surface area contributed by atoms with Gasteiger partial charge < -0.3 is 19.9 Å². The summed E-state index contributed by atoms with van der Waals surface area (Å²) in [6.45, 7) is 0.690. The Morgan fingerprint density at radius 1 is 0.860 bits per heavy atom. The van der Waals surface area contributed by atoms with Gasteiger partial charge >= 0.3 is 18.0 Å². The van der Waals surface area contributed by atoms with Crippen molar-refractivity contribution in [2.45, 2.75) is 31.9 Å². The average Bonchev–Trinajstić information content (AvgIpc) is 3.48. The number of ether oxygens (including phenoxy) is 3. The molecule has 0 bridgehead atoms. The van der Waals surface area contributed by atoms with Crippen LogP contribution in [0, 0.1) is 0 Å². The van der Waals surface area contributed by atoms with Gasteiger partial charge in [0.05, 0.1) is 25.5 Å². The Morgan fingerprint density at radius 3 is 2.23 bits per heavy atom. The SMILES string of the molecule is COC(=O)c1cccc(C(=O)N(C(=O)c2ccc3c(c2)CCN3C(=O)OCc2ccccc2)[C@@H](CCCN)C(=O)OC)c1. The zero-order valence-corrected chi connectivity index (χ0v) is 24.0. The summed E-state index contributed by atoms with van der Waals surface area (Å²) in [5.74, 6) is -2.98. The normalized spacial score (nSPS) is 12.6. The molecule has 0 aliphatic carbocycles. The fraction of sp³-hybridized carbons (Fsp3) is 0.281. The Morgan fingerprint density at radius 2 is 1.56 bits per heavy atom. The number of nitrogens with zero attached hydrogens (tertiary/aromatic N) is 2. The number of carbonyl (C=O) groups is 5. The molecule has 0 saturated heterocycles. The fourth-order valence-electron chi connectivity index (χ4n) is 4.87. The smallest absolute Gasteiger partial charge is 0.414 e. The molecule has 1 heterocycles. The molecule has 2 N–H and O–H groups in total. The van der Waals surface area contributed by atoms with Crippen LogP contribution in [0.25, 0.3) is 0 Å². The minimum Gasteiger partial charge on any atom is -0.467 e. The molecule has 11 nitrogen and oxygen atoms in total. The van der Waals surface area contributed by atoms with E-state index in [0.29, 0.717) is 30.6 Å². The second-order valence-corrected chi connectivity index (χ2v) is 9.81. The Balaban J connectivity index is 1.64. The molecule has 0 radical (unpaired) electrons. The number of carbonyl (C=O) groups excluding carboxylic acids is 5. The van der Waals surface area contributed by atoms with Gasteiger partial charge in [0.1, 0.15) is 12.6 Å². The summed E-state index contributed by atoms with van der Waals surface area (Å²) in [7, 11) is 2.38. The van der Waals surface area contributed by atoms with E-state index in [4.69, 9.17) is 19.9 Å². The third kappa shape index (κ3) is 7.07. The van der Waals surface area contributed by atoms with Crippen LogP contribution in [0.1, 0.15) is 55.0 Å². The number of methoxy groups -OCH3 is 2. The van der Waals surface area contributed by atoms with Gasteiger partial charge in [0.2, 0.25) is 0 Å². The molecule has 0 saturated carbocycles. The number of amides is 3. The highest BCUT2D eigenvalue weighted by Crippen LogP contribution is 2.31. The molecule has 224 valence electrons. The number of rotatable bonds is 10. The number of hydrogen-bond acceptors (Lipinski definition) is 9. The van der Waals surface area contributed by atoms with E-state index in [9.17, 15) is 24.0 Å². The zero-order valence-electron chi connectivity index (χ0n) is 24.0. The molecule has 0 spiro atoms. The van der Waals surface area contributed by atoms with Crippen molar-refractivity contribution in [3.05, 3.63) is 101 Å². The van der Waals surface area contributed by atoms with Crippen LogP contribution in [0.3, 0.4) is 0 Å². The highest BCUT2D eigenvalue weighted by atomic mass is 16.6. The van der Waals surface area contributed by atoms with Crippen LogP contribution in [0.2, 0.25) is 0 Å². The van der Waals surface area contributed by atoms with Crippen LogP contribution in [0.5, 0.6) is 0 Å². The maximum absolute atomic E-state index is 14.0. The molecule has 3 amide bonds. The van der Waals surface area contributed by atoms with E-state index < -0.39 is 35.9 Å². The van der Waals surface area contributed by atoms with Gasteiger partial charge in [-0.05, 0) is 73.3 Å². The first-order valence-corrected chi connectivity index (χ1v) is 13.7. The maximum atomic E-state index is 14.0. The third-order valence-corrected chi connectivity index (χ3v) is 7.08. The number of anilines is 1. The number of imide groups is 1. The van der Waals surface area contributed by atoms with Gasteiger partial charge in [0, 0.05) is 17.7 Å². The van der Waals surface area contributed by atoms with Gasteiger partial charge in [-0.3, -0.25) is 19.4 Å². The number of benzene rings is 3. The van der Waals surface area contributed by atoms with Crippen molar-refractivity contribution in [2.24, 2.45) is 5.73 Å². The van der Waals surface area contributed by atoms with Gasteiger partial charge in [-0.1, -0.05) is 36.4 Å². The van der Waals surface area contributed by atoms with E-state index in [2.05, 4.69) is 0 Å². The van der Waals surface area contributed by atoms with Crippen molar-refractivity contribution in [1.29, 1.82) is 0 Å². The summed E-state index contributed by atoms with van der Waals surface area (Å²) in [6, 6.07) is 18.4. The minimum absolute atomic E-state index is 0.00592. The minimum atomic E-state index is -1.27. The van der Waals surface area contributed by atoms with Crippen molar-refractivity contribution in [2.75, 3.05) is 32.2 Å². The van der Waals surface area contributed by atoms with Crippen molar-refractivity contribution < 1.29 is 38.2 Å². The average molecular weight is 588 g/mol. The predicted molar refractivity (Wildman–Crippen MR) is 156 cm³/mol. The van der Waals surface area contributed by atoms with E-state index in [1.54, 1.807) is 12.1 Å². The third-order valence-electron chi connectivity index (χ3n) is 7.08. The summed E-state index contributed by atoms with van der Waals surface area (Å²) >= 11 is 0. The summed E-state index contributed by atoms with van der Waals surface area (Å²) in [5, 5.41) is 0. The first kappa shape index (κ1) is 30.9. The molecule has 0 aromatic heterocycles. The number of esters is 2. The molecule has 1 aliphatic rings. The molecule has 1 atom stereocenters. The van der Waals surface area contributed by atoms with Crippen molar-refractivity contribution in [1.82, 2.24) is 4.90 Å². The second-order valence-electron chi connectivity index (χ2n) is 9.81. The lowest BCUT2D eigenvalue weighted by molar-refractivity contribution is -0.145. The van der Waals surface area contributed by atoms with Gasteiger partial charge in [0.15, 0.2) is 0 Å². The van der Waals surface area contributed by atoms with E-state index in [1.165, 1.54) is 49.5 Å². The number of hydrogen-bond donors (Lipinski definition) is 1. The monoisotopic (exact) mass is 587 g/mol. The molecule has 11 heteroatoms. The molecule has 0 fully saturated rings. The molecule has 3 aromatic rings. The topological polar surface area (TPSA) is 146 Å². The van der Waals surface area contributed by atoms with E-state index >= 15 is 0 Å². The Labute approximate surface area is 249 Å². The van der Waals surface area contributed by atoms with Crippen LogP contribution in [-0.2, 0) is 32.0 Å².